The molecule has 0 radical (unpaired) electrons. The van der Waals surface area contributed by atoms with Gasteiger partial charge in [-0.05, 0) is 18.1 Å². The van der Waals surface area contributed by atoms with Crippen molar-refractivity contribution in [3.05, 3.63) is 71.8 Å². The minimum Gasteiger partial charge on any atom is -0.343 e. The second kappa shape index (κ2) is 7.86. The van der Waals surface area contributed by atoms with Gasteiger partial charge >= 0.3 is 0 Å². The standard InChI is InChI=1S/C20H24N2OS/c1-20(16-8-4-2-5-9-16,17-10-6-3-7-11-17)22-19(23)14-18-15-24-13-12-21-18/h2-11,18,21H,12-15H2,1H3,(H,22,23). The molecular weight excluding hydrogens is 316 g/mol. The molecule has 1 aliphatic rings. The molecule has 2 aromatic rings. The van der Waals surface area contributed by atoms with E-state index in [0.717, 1.165) is 29.2 Å². The van der Waals surface area contributed by atoms with Crippen molar-refractivity contribution >= 4 is 17.7 Å². The summed E-state index contributed by atoms with van der Waals surface area (Å²) < 4.78 is 0. The predicted molar refractivity (Wildman–Crippen MR) is 101 cm³/mol. The molecule has 1 heterocycles. The Balaban J connectivity index is 1.81. The average molecular weight is 340 g/mol. The largest absolute Gasteiger partial charge is 0.343 e. The monoisotopic (exact) mass is 340 g/mol. The van der Waals surface area contributed by atoms with E-state index in [1.165, 1.54) is 0 Å². The summed E-state index contributed by atoms with van der Waals surface area (Å²) in [5.41, 5.74) is 1.66. The summed E-state index contributed by atoms with van der Waals surface area (Å²) in [7, 11) is 0. The zero-order valence-corrected chi connectivity index (χ0v) is 14.8. The molecule has 1 amide bonds. The number of carbonyl (C=O) groups excluding carboxylic acids is 1. The van der Waals surface area contributed by atoms with Gasteiger partial charge in [-0.15, -0.1) is 0 Å². The molecule has 4 heteroatoms. The van der Waals surface area contributed by atoms with Gasteiger partial charge in [0.15, 0.2) is 0 Å². The van der Waals surface area contributed by atoms with E-state index in [9.17, 15) is 4.79 Å². The maximum atomic E-state index is 12.7. The quantitative estimate of drug-likeness (QED) is 0.878. The van der Waals surface area contributed by atoms with Gasteiger partial charge in [-0.2, -0.15) is 11.8 Å². The highest BCUT2D eigenvalue weighted by Gasteiger charge is 2.31. The number of thioether (sulfide) groups is 1. The summed E-state index contributed by atoms with van der Waals surface area (Å²) in [6.45, 7) is 3.07. The second-order valence-electron chi connectivity index (χ2n) is 6.34. The Morgan fingerprint density at radius 1 is 1.12 bits per heavy atom. The lowest BCUT2D eigenvalue weighted by atomic mass is 9.84. The van der Waals surface area contributed by atoms with Crippen molar-refractivity contribution in [2.45, 2.75) is 24.9 Å². The Morgan fingerprint density at radius 2 is 1.71 bits per heavy atom. The van der Waals surface area contributed by atoms with Crippen LogP contribution in [0.4, 0.5) is 0 Å². The van der Waals surface area contributed by atoms with Crippen molar-refractivity contribution in [1.29, 1.82) is 0 Å². The van der Waals surface area contributed by atoms with Gasteiger partial charge in [0.1, 0.15) is 0 Å². The third-order valence-electron chi connectivity index (χ3n) is 4.52. The molecule has 1 fully saturated rings. The first-order valence-corrected chi connectivity index (χ1v) is 9.57. The maximum absolute atomic E-state index is 12.7. The van der Waals surface area contributed by atoms with Crippen molar-refractivity contribution in [3.63, 3.8) is 0 Å². The normalized spacial score (nSPS) is 18.1. The van der Waals surface area contributed by atoms with Crippen LogP contribution in [-0.4, -0.2) is 30.0 Å². The second-order valence-corrected chi connectivity index (χ2v) is 7.49. The molecule has 0 aliphatic carbocycles. The maximum Gasteiger partial charge on any atom is 0.222 e. The zero-order valence-electron chi connectivity index (χ0n) is 14.0. The number of amides is 1. The van der Waals surface area contributed by atoms with Crippen LogP contribution in [0, 0.1) is 0 Å². The van der Waals surface area contributed by atoms with Crippen LogP contribution in [0.2, 0.25) is 0 Å². The first kappa shape index (κ1) is 17.1. The molecule has 2 aromatic carbocycles. The smallest absolute Gasteiger partial charge is 0.222 e. The van der Waals surface area contributed by atoms with E-state index >= 15 is 0 Å². The SMILES string of the molecule is CC(NC(=O)CC1CSCCN1)(c1ccccc1)c1ccccc1. The van der Waals surface area contributed by atoms with E-state index < -0.39 is 5.54 Å². The van der Waals surface area contributed by atoms with E-state index in [1.807, 2.05) is 48.2 Å². The zero-order chi connectivity index (χ0) is 16.8. The molecule has 0 aromatic heterocycles. The third-order valence-corrected chi connectivity index (χ3v) is 5.65. The Labute approximate surface area is 148 Å². The lowest BCUT2D eigenvalue weighted by Crippen LogP contribution is -2.48. The van der Waals surface area contributed by atoms with Crippen molar-refractivity contribution in [2.24, 2.45) is 0 Å². The fourth-order valence-corrected chi connectivity index (χ4v) is 4.11. The van der Waals surface area contributed by atoms with Crippen LogP contribution in [0.15, 0.2) is 60.7 Å². The fourth-order valence-electron chi connectivity index (χ4n) is 3.16. The Morgan fingerprint density at radius 3 is 2.21 bits per heavy atom. The van der Waals surface area contributed by atoms with Crippen LogP contribution < -0.4 is 10.6 Å². The van der Waals surface area contributed by atoms with Crippen molar-refractivity contribution in [2.75, 3.05) is 18.1 Å². The Kier molecular flexibility index (Phi) is 5.59. The topological polar surface area (TPSA) is 41.1 Å². The van der Waals surface area contributed by atoms with Crippen molar-refractivity contribution in [3.8, 4) is 0 Å². The third kappa shape index (κ3) is 4.00. The molecule has 0 spiro atoms. The highest BCUT2D eigenvalue weighted by molar-refractivity contribution is 7.99. The van der Waals surface area contributed by atoms with Gasteiger partial charge in [0.05, 0.1) is 5.54 Å². The van der Waals surface area contributed by atoms with Crippen LogP contribution in [0.5, 0.6) is 0 Å². The Bertz CT molecular complexity index is 614. The number of nitrogens with one attached hydrogen (secondary N) is 2. The van der Waals surface area contributed by atoms with Gasteiger partial charge in [0.2, 0.25) is 5.91 Å². The number of benzene rings is 2. The first-order chi connectivity index (χ1) is 11.7. The van der Waals surface area contributed by atoms with E-state index in [0.29, 0.717) is 6.42 Å². The summed E-state index contributed by atoms with van der Waals surface area (Å²) in [4.78, 5) is 12.7. The van der Waals surface area contributed by atoms with Crippen molar-refractivity contribution < 1.29 is 4.79 Å². The molecule has 24 heavy (non-hydrogen) atoms. The summed E-state index contributed by atoms with van der Waals surface area (Å²) in [5, 5.41) is 6.72. The summed E-state index contributed by atoms with van der Waals surface area (Å²) in [6.07, 6.45) is 0.516. The first-order valence-electron chi connectivity index (χ1n) is 8.42. The van der Waals surface area contributed by atoms with Gasteiger partial charge in [-0.25, -0.2) is 0 Å². The molecule has 2 N–H and O–H groups in total. The minimum absolute atomic E-state index is 0.0882. The lowest BCUT2D eigenvalue weighted by molar-refractivity contribution is -0.122. The molecule has 1 atom stereocenters. The van der Waals surface area contributed by atoms with Crippen molar-refractivity contribution in [1.82, 2.24) is 10.6 Å². The van der Waals surface area contributed by atoms with Gasteiger partial charge in [-0.1, -0.05) is 60.7 Å². The van der Waals surface area contributed by atoms with Gasteiger partial charge in [0.25, 0.3) is 0 Å². The highest BCUT2D eigenvalue weighted by atomic mass is 32.2. The van der Waals surface area contributed by atoms with Crippen LogP contribution in [0.1, 0.15) is 24.5 Å². The highest BCUT2D eigenvalue weighted by Crippen LogP contribution is 2.29. The fraction of sp³-hybridized carbons (Fsp3) is 0.350. The van der Waals surface area contributed by atoms with Crippen LogP contribution in [0.3, 0.4) is 0 Å². The van der Waals surface area contributed by atoms with Gasteiger partial charge in [-0.3, -0.25) is 4.79 Å². The number of hydrogen-bond donors (Lipinski definition) is 2. The molecule has 0 saturated carbocycles. The average Bonchev–Trinajstić information content (AvgIpc) is 2.64. The Hall–Kier alpha value is -1.78. The molecule has 1 saturated heterocycles. The van der Waals surface area contributed by atoms with E-state index in [1.54, 1.807) is 0 Å². The molecule has 126 valence electrons. The molecule has 1 unspecified atom stereocenters. The van der Waals surface area contributed by atoms with E-state index in [-0.39, 0.29) is 11.9 Å². The molecule has 1 aliphatic heterocycles. The molecule has 0 bridgehead atoms. The number of carbonyl (C=O) groups is 1. The predicted octanol–water partition coefficient (Wildman–Crippen LogP) is 3.16. The summed E-state index contributed by atoms with van der Waals surface area (Å²) >= 11 is 1.91. The molecule has 3 rings (SSSR count). The van der Waals surface area contributed by atoms with Gasteiger partial charge in [0, 0.05) is 30.5 Å². The summed E-state index contributed by atoms with van der Waals surface area (Å²) in [5.74, 6) is 2.22. The summed E-state index contributed by atoms with van der Waals surface area (Å²) in [6, 6.07) is 20.6. The van der Waals surface area contributed by atoms with Crippen LogP contribution in [-0.2, 0) is 10.3 Å². The van der Waals surface area contributed by atoms with E-state index in [4.69, 9.17) is 0 Å². The molecule has 3 nitrogen and oxygen atoms in total. The minimum atomic E-state index is -0.526. The van der Waals surface area contributed by atoms with Crippen LogP contribution >= 0.6 is 11.8 Å². The van der Waals surface area contributed by atoms with Crippen LogP contribution in [0.25, 0.3) is 0 Å². The number of rotatable bonds is 5. The van der Waals surface area contributed by atoms with E-state index in [2.05, 4.69) is 41.8 Å². The molecular formula is C20H24N2OS. The van der Waals surface area contributed by atoms with Gasteiger partial charge < -0.3 is 10.6 Å². The lowest BCUT2D eigenvalue weighted by Gasteiger charge is -2.33. The number of hydrogen-bond acceptors (Lipinski definition) is 3.